The fourth-order valence-electron chi connectivity index (χ4n) is 2.50. The molecule has 1 aromatic carbocycles. The van der Waals surface area contributed by atoms with Crippen LogP contribution in [0.4, 0.5) is 11.4 Å². The number of hydrogen-bond donors (Lipinski definition) is 1. The van der Waals surface area contributed by atoms with Crippen molar-refractivity contribution in [1.82, 2.24) is 0 Å². The summed E-state index contributed by atoms with van der Waals surface area (Å²) in [6, 6.07) is 5.40. The summed E-state index contributed by atoms with van der Waals surface area (Å²) in [4.78, 5) is 11.1. The van der Waals surface area contributed by atoms with Crippen molar-refractivity contribution in [2.45, 2.75) is 33.1 Å². The van der Waals surface area contributed by atoms with E-state index < -0.39 is 10.0 Å². The third-order valence-electron chi connectivity index (χ3n) is 3.27. The lowest BCUT2D eigenvalue weighted by Gasteiger charge is -2.30. The lowest BCUT2D eigenvalue weighted by molar-refractivity contribution is -0.114. The molecule has 0 saturated carbocycles. The highest BCUT2D eigenvalue weighted by molar-refractivity contribution is 7.92. The Balaban J connectivity index is 2.35. The minimum Gasteiger partial charge on any atom is -0.326 e. The van der Waals surface area contributed by atoms with Gasteiger partial charge in [0, 0.05) is 19.2 Å². The molecule has 5 nitrogen and oxygen atoms in total. The number of sulfonamides is 1. The zero-order chi connectivity index (χ0) is 14.8. The predicted octanol–water partition coefficient (Wildman–Crippen LogP) is 2.14. The molecule has 0 radical (unpaired) electrons. The van der Waals surface area contributed by atoms with Crippen LogP contribution in [0.25, 0.3) is 0 Å². The number of anilines is 2. The Morgan fingerprint density at radius 2 is 2.15 bits per heavy atom. The van der Waals surface area contributed by atoms with Crippen molar-refractivity contribution in [1.29, 1.82) is 0 Å². The first-order chi connectivity index (χ1) is 9.44. The summed E-state index contributed by atoms with van der Waals surface area (Å²) in [6.07, 6.45) is 2.25. The molecular weight excluding hydrogens is 276 g/mol. The van der Waals surface area contributed by atoms with Gasteiger partial charge < -0.3 is 5.32 Å². The van der Waals surface area contributed by atoms with E-state index in [1.54, 1.807) is 12.1 Å². The molecule has 1 aliphatic rings. The van der Waals surface area contributed by atoms with Gasteiger partial charge in [-0.15, -0.1) is 0 Å². The number of aryl methyl sites for hydroxylation is 1. The van der Waals surface area contributed by atoms with Gasteiger partial charge >= 0.3 is 0 Å². The summed E-state index contributed by atoms with van der Waals surface area (Å²) in [7, 11) is -3.24. The first-order valence-electron chi connectivity index (χ1n) is 6.85. The summed E-state index contributed by atoms with van der Waals surface area (Å²) in [5.41, 5.74) is 2.44. The van der Waals surface area contributed by atoms with Crippen LogP contribution in [0, 0.1) is 0 Å². The van der Waals surface area contributed by atoms with Crippen LogP contribution in [0.1, 0.15) is 32.3 Å². The maximum absolute atomic E-state index is 12.3. The van der Waals surface area contributed by atoms with E-state index in [-0.39, 0.29) is 11.7 Å². The van der Waals surface area contributed by atoms with Gasteiger partial charge in [-0.05, 0) is 43.0 Å². The van der Waals surface area contributed by atoms with Crippen LogP contribution in [0.5, 0.6) is 0 Å². The molecule has 0 unspecified atom stereocenters. The quantitative estimate of drug-likeness (QED) is 0.925. The normalized spacial score (nSPS) is 14.8. The summed E-state index contributed by atoms with van der Waals surface area (Å²) < 4.78 is 26.0. The van der Waals surface area contributed by atoms with Crippen LogP contribution in [0.3, 0.4) is 0 Å². The molecule has 0 aliphatic carbocycles. The lowest BCUT2D eigenvalue weighted by Crippen LogP contribution is -2.37. The third kappa shape index (κ3) is 3.12. The van der Waals surface area contributed by atoms with Crippen LogP contribution in [-0.4, -0.2) is 26.6 Å². The zero-order valence-electron chi connectivity index (χ0n) is 11.8. The molecule has 0 aromatic heterocycles. The molecule has 20 heavy (non-hydrogen) atoms. The van der Waals surface area contributed by atoms with Crippen molar-refractivity contribution in [3.8, 4) is 0 Å². The number of hydrogen-bond acceptors (Lipinski definition) is 3. The van der Waals surface area contributed by atoms with Gasteiger partial charge in [-0.3, -0.25) is 9.10 Å². The minimum absolute atomic E-state index is 0.128. The van der Waals surface area contributed by atoms with Gasteiger partial charge in [-0.25, -0.2) is 8.42 Å². The predicted molar refractivity (Wildman–Crippen MR) is 80.5 cm³/mol. The number of carbonyl (C=O) groups excluding carboxylic acids is 1. The molecule has 0 bridgehead atoms. The summed E-state index contributed by atoms with van der Waals surface area (Å²) in [5, 5.41) is 2.73. The Bertz CT molecular complexity index is 611. The number of benzene rings is 1. The van der Waals surface area contributed by atoms with Gasteiger partial charge in [-0.1, -0.05) is 6.92 Å². The maximum atomic E-state index is 12.3. The van der Waals surface area contributed by atoms with Crippen LogP contribution >= 0.6 is 0 Å². The highest BCUT2D eigenvalue weighted by Crippen LogP contribution is 2.31. The second-order valence-corrected chi connectivity index (χ2v) is 7.03. The van der Waals surface area contributed by atoms with Crippen LogP contribution in [0.2, 0.25) is 0 Å². The summed E-state index contributed by atoms with van der Waals surface area (Å²) >= 11 is 0. The highest BCUT2D eigenvalue weighted by Gasteiger charge is 2.26. The van der Waals surface area contributed by atoms with Crippen LogP contribution in [-0.2, 0) is 21.2 Å². The Kier molecular flexibility index (Phi) is 4.32. The fourth-order valence-corrected chi connectivity index (χ4v) is 4.12. The third-order valence-corrected chi connectivity index (χ3v) is 5.25. The monoisotopic (exact) mass is 296 g/mol. The van der Waals surface area contributed by atoms with Crippen LogP contribution < -0.4 is 9.62 Å². The molecule has 1 aromatic rings. The fraction of sp³-hybridized carbons (Fsp3) is 0.500. The maximum Gasteiger partial charge on any atom is 0.235 e. The number of nitrogens with zero attached hydrogens (tertiary/aromatic N) is 1. The van der Waals surface area contributed by atoms with E-state index in [4.69, 9.17) is 0 Å². The molecular formula is C14H20N2O3S. The topological polar surface area (TPSA) is 66.5 Å². The van der Waals surface area contributed by atoms with E-state index in [2.05, 4.69) is 5.32 Å². The molecule has 1 heterocycles. The van der Waals surface area contributed by atoms with Gasteiger partial charge in [0.2, 0.25) is 15.9 Å². The second kappa shape index (κ2) is 5.83. The average molecular weight is 296 g/mol. The van der Waals surface area contributed by atoms with E-state index in [0.717, 1.165) is 24.1 Å². The van der Waals surface area contributed by atoms with E-state index in [9.17, 15) is 13.2 Å². The first-order valence-corrected chi connectivity index (χ1v) is 8.46. The summed E-state index contributed by atoms with van der Waals surface area (Å²) in [6.45, 7) is 3.86. The SMILES string of the molecule is CCCS(=O)(=O)N1CCCc2cc(NC(C)=O)ccc21. The minimum atomic E-state index is -3.24. The van der Waals surface area contributed by atoms with Crippen LogP contribution in [0.15, 0.2) is 18.2 Å². The largest absolute Gasteiger partial charge is 0.326 e. The molecule has 110 valence electrons. The van der Waals surface area contributed by atoms with Crippen molar-refractivity contribution in [3.63, 3.8) is 0 Å². The number of nitrogens with one attached hydrogen (secondary N) is 1. The number of rotatable bonds is 4. The van der Waals surface area contributed by atoms with E-state index in [1.807, 2.05) is 13.0 Å². The molecule has 0 fully saturated rings. The molecule has 0 saturated heterocycles. The van der Waals surface area contributed by atoms with Crippen molar-refractivity contribution in [3.05, 3.63) is 23.8 Å². The standard InChI is InChI=1S/C14H20N2O3S/c1-3-9-20(18,19)16-8-4-5-12-10-13(15-11(2)17)6-7-14(12)16/h6-7,10H,3-5,8-9H2,1-2H3,(H,15,17). The smallest absolute Gasteiger partial charge is 0.235 e. The highest BCUT2D eigenvalue weighted by atomic mass is 32.2. The average Bonchev–Trinajstić information content (AvgIpc) is 2.37. The molecule has 1 N–H and O–H groups in total. The molecule has 1 amide bonds. The molecule has 0 spiro atoms. The van der Waals surface area contributed by atoms with Gasteiger partial charge in [0.1, 0.15) is 0 Å². The molecule has 1 aliphatic heterocycles. The Morgan fingerprint density at radius 1 is 1.40 bits per heavy atom. The zero-order valence-corrected chi connectivity index (χ0v) is 12.7. The van der Waals surface area contributed by atoms with E-state index in [0.29, 0.717) is 18.7 Å². The van der Waals surface area contributed by atoms with Crippen molar-refractivity contribution >= 4 is 27.3 Å². The lowest BCUT2D eigenvalue weighted by atomic mass is 10.0. The van der Waals surface area contributed by atoms with Gasteiger partial charge in [0.15, 0.2) is 0 Å². The number of fused-ring (bicyclic) bond motifs is 1. The van der Waals surface area contributed by atoms with Crippen molar-refractivity contribution in [2.75, 3.05) is 21.9 Å². The van der Waals surface area contributed by atoms with E-state index >= 15 is 0 Å². The number of carbonyl (C=O) groups is 1. The molecule has 6 heteroatoms. The van der Waals surface area contributed by atoms with Crippen molar-refractivity contribution in [2.24, 2.45) is 0 Å². The van der Waals surface area contributed by atoms with Crippen molar-refractivity contribution < 1.29 is 13.2 Å². The molecule has 0 atom stereocenters. The Labute approximate surface area is 120 Å². The first kappa shape index (κ1) is 14.8. The van der Waals surface area contributed by atoms with Gasteiger partial charge in [0.25, 0.3) is 0 Å². The molecule has 2 rings (SSSR count). The summed E-state index contributed by atoms with van der Waals surface area (Å²) in [5.74, 6) is 0.0381. The second-order valence-electron chi connectivity index (χ2n) is 5.02. The van der Waals surface area contributed by atoms with Gasteiger partial charge in [-0.2, -0.15) is 0 Å². The number of amides is 1. The Hall–Kier alpha value is -1.56. The van der Waals surface area contributed by atoms with E-state index in [1.165, 1.54) is 11.2 Å². The van der Waals surface area contributed by atoms with Gasteiger partial charge in [0.05, 0.1) is 11.4 Å². The Morgan fingerprint density at radius 3 is 2.80 bits per heavy atom.